The Hall–Kier alpha value is -3.32. The highest BCUT2D eigenvalue weighted by atomic mass is 16.5. The lowest BCUT2D eigenvalue weighted by Crippen LogP contribution is -2.39. The molecule has 4 aromatic carbocycles. The van der Waals surface area contributed by atoms with Gasteiger partial charge in [-0.1, -0.05) is 125 Å². The third-order valence-electron chi connectivity index (χ3n) is 9.00. The van der Waals surface area contributed by atoms with Gasteiger partial charge in [-0.3, -0.25) is 0 Å². The standard InChI is InChI=1S/C38H44O/c1-4-29-12-14-32(15-13-29)28-39-37-26-24-36(25-27-37)38(33-10-8-7-9-11-33,34-20-16-30(5-2)17-21-34)35-22-18-31(6-3)19-23-35/h12-27,33H,4-11,28H2,1-3H3. The molecular weight excluding hydrogens is 472 g/mol. The van der Waals surface area contributed by atoms with Crippen LogP contribution >= 0.6 is 0 Å². The van der Waals surface area contributed by atoms with E-state index in [1.807, 2.05) is 0 Å². The monoisotopic (exact) mass is 516 g/mol. The number of rotatable bonds is 10. The number of ether oxygens (including phenoxy) is 1. The Balaban J connectivity index is 1.55. The first-order valence-electron chi connectivity index (χ1n) is 15.2. The van der Waals surface area contributed by atoms with E-state index in [9.17, 15) is 0 Å². The Kier molecular flexibility index (Phi) is 8.87. The molecule has 0 N–H and O–H groups in total. The van der Waals surface area contributed by atoms with E-state index >= 15 is 0 Å². The predicted octanol–water partition coefficient (Wildman–Crippen LogP) is 9.87. The fourth-order valence-electron chi connectivity index (χ4n) is 6.60. The minimum atomic E-state index is -0.173. The molecule has 0 spiro atoms. The lowest BCUT2D eigenvalue weighted by atomic mass is 9.58. The third kappa shape index (κ3) is 5.83. The number of benzene rings is 4. The maximum absolute atomic E-state index is 6.25. The fourth-order valence-corrected chi connectivity index (χ4v) is 6.60. The van der Waals surface area contributed by atoms with Crippen LogP contribution in [0.3, 0.4) is 0 Å². The van der Waals surface area contributed by atoms with Crippen LogP contribution in [-0.2, 0) is 31.3 Å². The summed E-state index contributed by atoms with van der Waals surface area (Å²) in [5, 5.41) is 0. The minimum Gasteiger partial charge on any atom is -0.489 e. The molecular formula is C38H44O. The summed E-state index contributed by atoms with van der Waals surface area (Å²) in [6.07, 6.45) is 9.68. The first kappa shape index (κ1) is 27.3. The van der Waals surface area contributed by atoms with Crippen LogP contribution in [0.5, 0.6) is 5.75 Å². The molecule has 4 aromatic rings. The average Bonchev–Trinajstić information content (AvgIpc) is 3.02. The molecule has 0 radical (unpaired) electrons. The number of hydrogen-bond acceptors (Lipinski definition) is 1. The molecule has 1 saturated carbocycles. The molecule has 1 nitrogen and oxygen atoms in total. The van der Waals surface area contributed by atoms with Gasteiger partial charge in [0.2, 0.25) is 0 Å². The van der Waals surface area contributed by atoms with Crippen LogP contribution in [0.25, 0.3) is 0 Å². The molecule has 5 rings (SSSR count). The zero-order valence-electron chi connectivity index (χ0n) is 24.1. The third-order valence-corrected chi connectivity index (χ3v) is 9.00. The second-order valence-electron chi connectivity index (χ2n) is 11.2. The number of aryl methyl sites for hydroxylation is 3. The molecule has 39 heavy (non-hydrogen) atoms. The molecule has 1 aliphatic rings. The fraction of sp³-hybridized carbons (Fsp3) is 0.368. The van der Waals surface area contributed by atoms with Gasteiger partial charge in [-0.05, 0) is 89.1 Å². The highest BCUT2D eigenvalue weighted by Gasteiger charge is 2.43. The van der Waals surface area contributed by atoms with Crippen LogP contribution in [0, 0.1) is 5.92 Å². The maximum atomic E-state index is 6.25. The summed E-state index contributed by atoms with van der Waals surface area (Å²) >= 11 is 0. The van der Waals surface area contributed by atoms with E-state index in [1.165, 1.54) is 71.0 Å². The molecule has 1 heteroatoms. The van der Waals surface area contributed by atoms with Gasteiger partial charge in [-0.15, -0.1) is 0 Å². The average molecular weight is 517 g/mol. The van der Waals surface area contributed by atoms with Crippen molar-refractivity contribution in [2.75, 3.05) is 0 Å². The van der Waals surface area contributed by atoms with Crippen molar-refractivity contribution in [1.29, 1.82) is 0 Å². The van der Waals surface area contributed by atoms with Crippen LogP contribution in [0.15, 0.2) is 97.1 Å². The van der Waals surface area contributed by atoms with Crippen LogP contribution in [0.1, 0.15) is 91.8 Å². The topological polar surface area (TPSA) is 9.23 Å². The lowest BCUT2D eigenvalue weighted by Gasteiger charge is -2.45. The molecule has 0 amide bonds. The van der Waals surface area contributed by atoms with Crippen molar-refractivity contribution in [2.45, 2.75) is 84.2 Å². The van der Waals surface area contributed by atoms with Crippen molar-refractivity contribution in [1.82, 2.24) is 0 Å². The molecule has 0 heterocycles. The molecule has 0 aliphatic heterocycles. The van der Waals surface area contributed by atoms with Gasteiger partial charge in [0.25, 0.3) is 0 Å². The van der Waals surface area contributed by atoms with Gasteiger partial charge in [-0.2, -0.15) is 0 Å². The summed E-state index contributed by atoms with van der Waals surface area (Å²) in [5.74, 6) is 1.49. The van der Waals surface area contributed by atoms with E-state index in [-0.39, 0.29) is 5.41 Å². The Morgan fingerprint density at radius 3 is 1.33 bits per heavy atom. The normalized spacial score (nSPS) is 14.3. The van der Waals surface area contributed by atoms with Gasteiger partial charge in [0.1, 0.15) is 12.4 Å². The van der Waals surface area contributed by atoms with Crippen molar-refractivity contribution in [3.05, 3.63) is 136 Å². The summed E-state index contributed by atoms with van der Waals surface area (Å²) < 4.78 is 6.25. The van der Waals surface area contributed by atoms with E-state index in [1.54, 1.807) is 0 Å². The minimum absolute atomic E-state index is 0.173. The summed E-state index contributed by atoms with van der Waals surface area (Å²) in [6.45, 7) is 7.26. The SMILES string of the molecule is CCc1ccc(COc2ccc(C(c3ccc(CC)cc3)(c3ccc(CC)cc3)C3CCCCC3)cc2)cc1. The van der Waals surface area contributed by atoms with Gasteiger partial charge in [-0.25, -0.2) is 0 Å². The van der Waals surface area contributed by atoms with Gasteiger partial charge < -0.3 is 4.74 Å². The Morgan fingerprint density at radius 2 is 0.897 bits per heavy atom. The Labute approximate surface area is 236 Å². The second kappa shape index (κ2) is 12.7. The highest BCUT2D eigenvalue weighted by molar-refractivity contribution is 5.53. The molecule has 0 aromatic heterocycles. The lowest BCUT2D eigenvalue weighted by molar-refractivity contribution is 0.270. The van der Waals surface area contributed by atoms with Crippen LogP contribution in [0.2, 0.25) is 0 Å². The zero-order chi connectivity index (χ0) is 27.1. The molecule has 0 unspecified atom stereocenters. The van der Waals surface area contributed by atoms with Gasteiger partial charge in [0, 0.05) is 5.41 Å². The number of hydrogen-bond donors (Lipinski definition) is 0. The molecule has 1 aliphatic carbocycles. The van der Waals surface area contributed by atoms with Crippen molar-refractivity contribution in [2.24, 2.45) is 5.92 Å². The maximum Gasteiger partial charge on any atom is 0.119 e. The molecule has 0 saturated heterocycles. The Morgan fingerprint density at radius 1 is 0.513 bits per heavy atom. The quantitative estimate of drug-likeness (QED) is 0.191. The van der Waals surface area contributed by atoms with Crippen molar-refractivity contribution < 1.29 is 4.74 Å². The predicted molar refractivity (Wildman–Crippen MR) is 165 cm³/mol. The van der Waals surface area contributed by atoms with Gasteiger partial charge in [0.05, 0.1) is 0 Å². The van der Waals surface area contributed by atoms with Crippen LogP contribution in [-0.4, -0.2) is 0 Å². The van der Waals surface area contributed by atoms with Crippen LogP contribution in [0.4, 0.5) is 0 Å². The second-order valence-corrected chi connectivity index (χ2v) is 11.2. The van der Waals surface area contributed by atoms with Crippen molar-refractivity contribution in [3.63, 3.8) is 0 Å². The van der Waals surface area contributed by atoms with Crippen molar-refractivity contribution in [3.8, 4) is 5.75 Å². The van der Waals surface area contributed by atoms with E-state index in [0.717, 1.165) is 25.0 Å². The largest absolute Gasteiger partial charge is 0.489 e. The first-order chi connectivity index (χ1) is 19.2. The van der Waals surface area contributed by atoms with E-state index in [2.05, 4.69) is 118 Å². The van der Waals surface area contributed by atoms with Crippen LogP contribution < -0.4 is 4.74 Å². The first-order valence-corrected chi connectivity index (χ1v) is 15.2. The summed E-state index contributed by atoms with van der Waals surface area (Å²) in [5.41, 5.74) is 9.40. The zero-order valence-corrected chi connectivity index (χ0v) is 24.1. The highest BCUT2D eigenvalue weighted by Crippen LogP contribution is 2.50. The molecule has 1 fully saturated rings. The molecule has 202 valence electrons. The van der Waals surface area contributed by atoms with E-state index in [0.29, 0.717) is 12.5 Å². The Bertz CT molecular complexity index is 1240. The van der Waals surface area contributed by atoms with E-state index in [4.69, 9.17) is 4.74 Å². The summed E-state index contributed by atoms with van der Waals surface area (Å²) in [6, 6.07) is 36.8. The molecule has 0 atom stereocenters. The molecule has 0 bridgehead atoms. The van der Waals surface area contributed by atoms with Gasteiger partial charge >= 0.3 is 0 Å². The smallest absolute Gasteiger partial charge is 0.119 e. The summed E-state index contributed by atoms with van der Waals surface area (Å²) in [4.78, 5) is 0. The van der Waals surface area contributed by atoms with E-state index < -0.39 is 0 Å². The van der Waals surface area contributed by atoms with Gasteiger partial charge in [0.15, 0.2) is 0 Å². The van der Waals surface area contributed by atoms with Crippen molar-refractivity contribution >= 4 is 0 Å². The summed E-state index contributed by atoms with van der Waals surface area (Å²) in [7, 11) is 0.